The van der Waals surface area contributed by atoms with Crippen molar-refractivity contribution in [2.45, 2.75) is 31.6 Å². The van der Waals surface area contributed by atoms with Crippen LogP contribution in [0.25, 0.3) is 0 Å². The topological polar surface area (TPSA) is 36.3 Å². The number of ether oxygens (including phenoxy) is 2. The van der Waals surface area contributed by atoms with E-state index in [-0.39, 0.29) is 0 Å². The number of aryl methyl sites for hydroxylation is 1. The lowest BCUT2D eigenvalue weighted by Crippen LogP contribution is -2.44. The van der Waals surface area contributed by atoms with Crippen molar-refractivity contribution in [1.82, 2.24) is 9.55 Å². The monoisotopic (exact) mass is 340 g/mol. The van der Waals surface area contributed by atoms with Crippen molar-refractivity contribution in [3.8, 4) is 0 Å². The van der Waals surface area contributed by atoms with E-state index in [4.69, 9.17) is 32.7 Å². The zero-order valence-corrected chi connectivity index (χ0v) is 13.7. The predicted molar refractivity (Wildman–Crippen MR) is 86.3 cm³/mol. The third kappa shape index (κ3) is 3.82. The highest BCUT2D eigenvalue weighted by Gasteiger charge is 2.35. The fourth-order valence-corrected chi connectivity index (χ4v) is 3.14. The van der Waals surface area contributed by atoms with Crippen LogP contribution >= 0.6 is 23.2 Å². The highest BCUT2D eigenvalue weighted by Crippen LogP contribution is 2.29. The number of rotatable bonds is 5. The Morgan fingerprint density at radius 2 is 2.05 bits per heavy atom. The number of aromatic nitrogens is 2. The molecule has 0 bridgehead atoms. The molecule has 1 aliphatic rings. The lowest BCUT2D eigenvalue weighted by molar-refractivity contribution is -0.276. The minimum Gasteiger partial charge on any atom is -0.348 e. The van der Waals surface area contributed by atoms with E-state index in [2.05, 4.69) is 4.98 Å². The summed E-state index contributed by atoms with van der Waals surface area (Å²) >= 11 is 12.2. The van der Waals surface area contributed by atoms with Gasteiger partial charge in [-0.2, -0.15) is 0 Å². The molecule has 0 amide bonds. The quantitative estimate of drug-likeness (QED) is 0.826. The average molecular weight is 341 g/mol. The van der Waals surface area contributed by atoms with Gasteiger partial charge in [0.15, 0.2) is 5.79 Å². The Balaban J connectivity index is 1.72. The van der Waals surface area contributed by atoms with Gasteiger partial charge in [-0.15, -0.1) is 0 Å². The van der Waals surface area contributed by atoms with E-state index in [0.29, 0.717) is 29.8 Å². The summed E-state index contributed by atoms with van der Waals surface area (Å²) in [5.41, 5.74) is 1.05. The Morgan fingerprint density at radius 3 is 2.73 bits per heavy atom. The molecule has 22 heavy (non-hydrogen) atoms. The van der Waals surface area contributed by atoms with E-state index in [0.717, 1.165) is 24.8 Å². The van der Waals surface area contributed by atoms with Crippen LogP contribution < -0.4 is 0 Å². The van der Waals surface area contributed by atoms with Crippen LogP contribution in [0.4, 0.5) is 0 Å². The molecule has 1 aromatic carbocycles. The van der Waals surface area contributed by atoms with Crippen molar-refractivity contribution in [2.75, 3.05) is 13.2 Å². The molecule has 1 saturated heterocycles. The van der Waals surface area contributed by atoms with Crippen LogP contribution in [-0.2, 0) is 22.4 Å². The minimum absolute atomic E-state index is 0.623. The van der Waals surface area contributed by atoms with Gasteiger partial charge in [-0.05, 0) is 30.5 Å². The Hall–Kier alpha value is -1.07. The molecule has 0 aliphatic carbocycles. The van der Waals surface area contributed by atoms with E-state index < -0.39 is 5.79 Å². The van der Waals surface area contributed by atoms with Crippen LogP contribution in [0, 0.1) is 0 Å². The number of hydrogen-bond donors (Lipinski definition) is 0. The van der Waals surface area contributed by atoms with E-state index in [9.17, 15) is 0 Å². The van der Waals surface area contributed by atoms with Gasteiger partial charge in [0, 0.05) is 28.9 Å². The molecule has 2 heterocycles. The zero-order valence-electron chi connectivity index (χ0n) is 12.2. The van der Waals surface area contributed by atoms with Gasteiger partial charge in [0.05, 0.1) is 26.1 Å². The predicted octanol–water partition coefficient (Wildman–Crippen LogP) is 3.96. The second kappa shape index (κ2) is 7.01. The zero-order chi connectivity index (χ0) is 15.4. The van der Waals surface area contributed by atoms with Crippen LogP contribution in [0.15, 0.2) is 36.9 Å². The molecule has 0 saturated carbocycles. The van der Waals surface area contributed by atoms with Gasteiger partial charge in [-0.3, -0.25) is 0 Å². The molecular formula is C16H18Cl2N2O2. The van der Waals surface area contributed by atoms with E-state index in [1.165, 1.54) is 0 Å². The largest absolute Gasteiger partial charge is 0.348 e. The molecule has 1 aliphatic heterocycles. The molecule has 3 rings (SSSR count). The van der Waals surface area contributed by atoms with Crippen LogP contribution in [-0.4, -0.2) is 28.6 Å². The van der Waals surface area contributed by atoms with Crippen LogP contribution in [0.1, 0.15) is 18.4 Å². The van der Waals surface area contributed by atoms with Gasteiger partial charge in [-0.1, -0.05) is 29.3 Å². The highest BCUT2D eigenvalue weighted by atomic mass is 35.5. The van der Waals surface area contributed by atoms with E-state index >= 15 is 0 Å². The Bertz CT molecular complexity index is 611. The molecule has 0 radical (unpaired) electrons. The Kier molecular flexibility index (Phi) is 5.03. The molecule has 1 fully saturated rings. The second-order valence-electron chi connectivity index (χ2n) is 5.43. The van der Waals surface area contributed by atoms with Crippen molar-refractivity contribution < 1.29 is 9.47 Å². The molecule has 6 heteroatoms. The third-order valence-electron chi connectivity index (χ3n) is 3.79. The summed E-state index contributed by atoms with van der Waals surface area (Å²) in [7, 11) is 0. The molecule has 1 aromatic heterocycles. The third-order valence-corrected chi connectivity index (χ3v) is 4.38. The summed E-state index contributed by atoms with van der Waals surface area (Å²) in [4.78, 5) is 4.08. The van der Waals surface area contributed by atoms with Crippen molar-refractivity contribution in [1.29, 1.82) is 0 Å². The molecule has 0 unspecified atom stereocenters. The van der Waals surface area contributed by atoms with Gasteiger partial charge in [0.2, 0.25) is 0 Å². The number of nitrogens with zero attached hydrogens (tertiary/aromatic N) is 2. The van der Waals surface area contributed by atoms with Crippen LogP contribution in [0.2, 0.25) is 10.0 Å². The lowest BCUT2D eigenvalue weighted by atomic mass is 10.0. The lowest BCUT2D eigenvalue weighted by Gasteiger charge is -2.37. The highest BCUT2D eigenvalue weighted by molar-refractivity contribution is 6.35. The summed E-state index contributed by atoms with van der Waals surface area (Å²) < 4.78 is 13.9. The summed E-state index contributed by atoms with van der Waals surface area (Å²) in [6.07, 6.45) is 7.87. The number of hydrogen-bond acceptors (Lipinski definition) is 3. The fourth-order valence-electron chi connectivity index (χ4n) is 2.64. The van der Waals surface area contributed by atoms with Gasteiger partial charge in [-0.25, -0.2) is 4.98 Å². The first kappa shape index (κ1) is 15.8. The Morgan fingerprint density at radius 1 is 1.23 bits per heavy atom. The van der Waals surface area contributed by atoms with Crippen LogP contribution in [0.3, 0.4) is 0 Å². The first-order valence-corrected chi connectivity index (χ1v) is 8.10. The number of benzene rings is 1. The molecule has 0 spiro atoms. The van der Waals surface area contributed by atoms with Crippen molar-refractivity contribution in [3.63, 3.8) is 0 Å². The maximum Gasteiger partial charge on any atom is 0.186 e. The first-order valence-electron chi connectivity index (χ1n) is 7.34. The fraction of sp³-hybridized carbons (Fsp3) is 0.438. The van der Waals surface area contributed by atoms with Gasteiger partial charge < -0.3 is 14.0 Å². The maximum absolute atomic E-state index is 6.25. The molecule has 118 valence electrons. The van der Waals surface area contributed by atoms with Crippen molar-refractivity contribution in [2.24, 2.45) is 0 Å². The summed E-state index contributed by atoms with van der Waals surface area (Å²) in [5.74, 6) is -0.623. The second-order valence-corrected chi connectivity index (χ2v) is 6.28. The van der Waals surface area contributed by atoms with E-state index in [1.807, 2.05) is 22.9 Å². The normalized spacial score (nSPS) is 17.5. The Labute approximate surface area is 140 Å². The summed E-state index contributed by atoms with van der Waals surface area (Å²) in [6.45, 7) is 2.05. The maximum atomic E-state index is 6.25. The van der Waals surface area contributed by atoms with Crippen molar-refractivity contribution >= 4 is 23.2 Å². The van der Waals surface area contributed by atoms with Crippen LogP contribution in [0.5, 0.6) is 0 Å². The smallest absolute Gasteiger partial charge is 0.186 e. The average Bonchev–Trinajstić information content (AvgIpc) is 3.00. The number of halogens is 2. The summed E-state index contributed by atoms with van der Waals surface area (Å²) in [5, 5.41) is 1.33. The van der Waals surface area contributed by atoms with E-state index in [1.54, 1.807) is 18.6 Å². The van der Waals surface area contributed by atoms with Gasteiger partial charge in [0.25, 0.3) is 0 Å². The molecule has 0 N–H and O–H groups in total. The molecular weight excluding hydrogens is 323 g/mol. The first-order chi connectivity index (χ1) is 10.7. The SMILES string of the molecule is Clc1ccc(CCC2(Cn3ccnc3)OCCCO2)c(Cl)c1. The minimum atomic E-state index is -0.623. The number of imidazole rings is 1. The van der Waals surface area contributed by atoms with Gasteiger partial charge in [0.1, 0.15) is 0 Å². The van der Waals surface area contributed by atoms with Gasteiger partial charge >= 0.3 is 0 Å². The standard InChI is InChI=1S/C16H18Cl2N2O2/c17-14-3-2-13(15(18)10-14)4-5-16(21-8-1-9-22-16)11-20-7-6-19-12-20/h2-3,6-7,10,12H,1,4-5,8-9,11H2. The summed E-state index contributed by atoms with van der Waals surface area (Å²) in [6, 6.07) is 5.58. The molecule has 2 aromatic rings. The van der Waals surface area contributed by atoms with Crippen molar-refractivity contribution in [3.05, 3.63) is 52.5 Å². The molecule has 0 atom stereocenters. The molecule has 4 nitrogen and oxygen atoms in total.